The number of benzene rings is 5. The average Bonchev–Trinajstić information content (AvgIpc) is 2.92. The van der Waals surface area contributed by atoms with Gasteiger partial charge in [0.15, 0.2) is 0 Å². The number of aryl methyl sites for hydroxylation is 2. The van der Waals surface area contributed by atoms with Gasteiger partial charge in [-0.1, -0.05) is 12.1 Å². The summed E-state index contributed by atoms with van der Waals surface area (Å²) in [5, 5.41) is 0. The summed E-state index contributed by atoms with van der Waals surface area (Å²) in [6, 6.07) is 36.0. The minimum atomic E-state index is 0.684. The highest BCUT2D eigenvalue weighted by atomic mass is 16.5. The van der Waals surface area contributed by atoms with E-state index in [0.717, 1.165) is 29.9 Å². The quantitative estimate of drug-likeness (QED) is 0.179. The summed E-state index contributed by atoms with van der Waals surface area (Å²) in [7, 11) is 0. The van der Waals surface area contributed by atoms with E-state index in [0.29, 0.717) is 40.1 Å². The zero-order valence-corrected chi connectivity index (χ0v) is 20.8. The van der Waals surface area contributed by atoms with E-state index < -0.39 is 0 Å². The van der Waals surface area contributed by atoms with Gasteiger partial charge in [-0.3, -0.25) is 0 Å². The van der Waals surface area contributed by atoms with Crippen LogP contribution in [0.2, 0.25) is 0 Å². The summed E-state index contributed by atoms with van der Waals surface area (Å²) >= 11 is 0. The smallest absolute Gasteiger partial charge is 0.131 e. The summed E-state index contributed by atoms with van der Waals surface area (Å²) in [6.45, 7) is 0. The predicted molar refractivity (Wildman–Crippen MR) is 153 cm³/mol. The summed E-state index contributed by atoms with van der Waals surface area (Å²) in [6.07, 6.45) is 1.64. The summed E-state index contributed by atoms with van der Waals surface area (Å²) in [4.78, 5) is 0. The van der Waals surface area contributed by atoms with E-state index >= 15 is 0 Å². The van der Waals surface area contributed by atoms with Gasteiger partial charge in [0.25, 0.3) is 0 Å². The number of rotatable bonds is 9. The van der Waals surface area contributed by atoms with Crippen LogP contribution in [0.25, 0.3) is 0 Å². The molecule has 0 unspecified atom stereocenters. The molecule has 0 saturated heterocycles. The third kappa shape index (κ3) is 6.77. The lowest BCUT2D eigenvalue weighted by atomic mass is 10.0. The van der Waals surface area contributed by atoms with Crippen LogP contribution in [-0.2, 0) is 12.8 Å². The Morgan fingerprint density at radius 3 is 1.05 bits per heavy atom. The Kier molecular flexibility index (Phi) is 7.32. The first-order valence-electron chi connectivity index (χ1n) is 12.3. The average molecular weight is 504 g/mol. The standard InChI is InChI=1S/C32H29N3O3/c33-24-5-13-28(14-6-24)36-27-11-3-22(4-12-27)1-2-23-19-31(37-29-15-7-25(34)8-16-29)21-32(20-23)38-30-17-9-26(35)10-18-30/h3-21H,1-2,33-35H2. The highest BCUT2D eigenvalue weighted by Gasteiger charge is 2.08. The van der Waals surface area contributed by atoms with Crippen molar-refractivity contribution in [3.63, 3.8) is 0 Å². The van der Waals surface area contributed by atoms with Crippen molar-refractivity contribution in [3.8, 4) is 34.5 Å². The molecule has 0 amide bonds. The molecule has 0 spiro atoms. The van der Waals surface area contributed by atoms with Crippen molar-refractivity contribution in [1.29, 1.82) is 0 Å². The van der Waals surface area contributed by atoms with Gasteiger partial charge in [0.2, 0.25) is 0 Å². The third-order valence-electron chi connectivity index (χ3n) is 5.91. The topological polar surface area (TPSA) is 106 Å². The molecule has 190 valence electrons. The lowest BCUT2D eigenvalue weighted by Crippen LogP contribution is -1.95. The Balaban J connectivity index is 1.30. The van der Waals surface area contributed by atoms with Crippen molar-refractivity contribution in [1.82, 2.24) is 0 Å². The number of ether oxygens (including phenoxy) is 3. The van der Waals surface area contributed by atoms with Crippen LogP contribution in [0.4, 0.5) is 17.1 Å². The zero-order chi connectivity index (χ0) is 26.3. The van der Waals surface area contributed by atoms with Gasteiger partial charge in [-0.25, -0.2) is 0 Å². The first-order valence-corrected chi connectivity index (χ1v) is 12.3. The highest BCUT2D eigenvalue weighted by molar-refractivity contribution is 5.48. The maximum absolute atomic E-state index is 6.12. The molecule has 0 aliphatic heterocycles. The minimum Gasteiger partial charge on any atom is -0.457 e. The Morgan fingerprint density at radius 2 is 0.658 bits per heavy atom. The van der Waals surface area contributed by atoms with Gasteiger partial charge in [-0.15, -0.1) is 0 Å². The van der Waals surface area contributed by atoms with E-state index in [2.05, 4.69) is 12.1 Å². The van der Waals surface area contributed by atoms with E-state index in [1.54, 1.807) is 0 Å². The molecule has 0 aromatic heterocycles. The van der Waals surface area contributed by atoms with E-state index in [1.807, 2.05) is 103 Å². The van der Waals surface area contributed by atoms with E-state index in [1.165, 1.54) is 5.56 Å². The summed E-state index contributed by atoms with van der Waals surface area (Å²) in [5.41, 5.74) is 21.7. The Bertz CT molecular complexity index is 1420. The molecule has 0 bridgehead atoms. The van der Waals surface area contributed by atoms with Gasteiger partial charge in [0, 0.05) is 23.1 Å². The molecule has 0 fully saturated rings. The summed E-state index contributed by atoms with van der Waals surface area (Å²) < 4.78 is 18.2. The van der Waals surface area contributed by atoms with Crippen molar-refractivity contribution >= 4 is 17.1 Å². The minimum absolute atomic E-state index is 0.684. The Morgan fingerprint density at radius 1 is 0.342 bits per heavy atom. The first-order chi connectivity index (χ1) is 18.5. The number of anilines is 3. The van der Waals surface area contributed by atoms with E-state index in [4.69, 9.17) is 31.4 Å². The van der Waals surface area contributed by atoms with Crippen LogP contribution >= 0.6 is 0 Å². The molecule has 5 aromatic carbocycles. The van der Waals surface area contributed by atoms with Gasteiger partial charge < -0.3 is 31.4 Å². The number of nitrogen functional groups attached to an aromatic ring is 3. The van der Waals surface area contributed by atoms with Crippen LogP contribution in [0, 0.1) is 0 Å². The van der Waals surface area contributed by atoms with Gasteiger partial charge >= 0.3 is 0 Å². The van der Waals surface area contributed by atoms with Crippen molar-refractivity contribution < 1.29 is 14.2 Å². The maximum Gasteiger partial charge on any atom is 0.131 e. The fraction of sp³-hybridized carbons (Fsp3) is 0.0625. The second-order valence-corrected chi connectivity index (χ2v) is 8.97. The van der Waals surface area contributed by atoms with Crippen molar-refractivity contribution in [2.75, 3.05) is 17.2 Å². The zero-order valence-electron chi connectivity index (χ0n) is 20.8. The molecule has 6 N–H and O–H groups in total. The maximum atomic E-state index is 6.12. The molecule has 5 rings (SSSR count). The van der Waals surface area contributed by atoms with E-state index in [-0.39, 0.29) is 0 Å². The van der Waals surface area contributed by atoms with Crippen LogP contribution in [0.3, 0.4) is 0 Å². The molecule has 0 heterocycles. The fourth-order valence-corrected chi connectivity index (χ4v) is 3.92. The predicted octanol–water partition coefficient (Wildman–Crippen LogP) is 7.60. The monoisotopic (exact) mass is 503 g/mol. The Labute approximate surface area is 222 Å². The molecule has 0 radical (unpaired) electrons. The number of nitrogens with two attached hydrogens (primary N) is 3. The van der Waals surface area contributed by atoms with Crippen LogP contribution < -0.4 is 31.4 Å². The molecule has 0 aliphatic rings. The van der Waals surface area contributed by atoms with Crippen molar-refractivity contribution in [2.24, 2.45) is 0 Å². The van der Waals surface area contributed by atoms with Crippen molar-refractivity contribution in [2.45, 2.75) is 12.8 Å². The molecular formula is C32H29N3O3. The molecule has 6 nitrogen and oxygen atoms in total. The van der Waals surface area contributed by atoms with Gasteiger partial charge in [0.05, 0.1) is 0 Å². The van der Waals surface area contributed by atoms with Crippen LogP contribution in [0.5, 0.6) is 34.5 Å². The molecular weight excluding hydrogens is 474 g/mol. The number of hydrogen-bond acceptors (Lipinski definition) is 6. The lowest BCUT2D eigenvalue weighted by Gasteiger charge is -2.13. The fourth-order valence-electron chi connectivity index (χ4n) is 3.92. The van der Waals surface area contributed by atoms with Crippen LogP contribution in [0.15, 0.2) is 115 Å². The largest absolute Gasteiger partial charge is 0.457 e. The molecule has 6 heteroatoms. The first kappa shape index (κ1) is 24.6. The second-order valence-electron chi connectivity index (χ2n) is 8.97. The normalized spacial score (nSPS) is 10.6. The van der Waals surface area contributed by atoms with Gasteiger partial charge in [0.1, 0.15) is 34.5 Å². The number of hydrogen-bond donors (Lipinski definition) is 3. The second kappa shape index (κ2) is 11.3. The highest BCUT2D eigenvalue weighted by Crippen LogP contribution is 2.32. The van der Waals surface area contributed by atoms with Crippen molar-refractivity contribution in [3.05, 3.63) is 126 Å². The lowest BCUT2D eigenvalue weighted by molar-refractivity contribution is 0.459. The van der Waals surface area contributed by atoms with Crippen LogP contribution in [-0.4, -0.2) is 0 Å². The Hall–Kier alpha value is -5.10. The molecule has 5 aromatic rings. The SMILES string of the molecule is Nc1ccc(Oc2ccc(CCc3cc(Oc4ccc(N)cc4)cc(Oc4ccc(N)cc4)c3)cc2)cc1. The molecule has 0 atom stereocenters. The van der Waals surface area contributed by atoms with E-state index in [9.17, 15) is 0 Å². The molecule has 38 heavy (non-hydrogen) atoms. The molecule has 0 saturated carbocycles. The van der Waals surface area contributed by atoms with Gasteiger partial charge in [-0.2, -0.15) is 0 Å². The van der Waals surface area contributed by atoms with Crippen LogP contribution in [0.1, 0.15) is 11.1 Å². The van der Waals surface area contributed by atoms with Gasteiger partial charge in [-0.05, 0) is 121 Å². The molecule has 0 aliphatic carbocycles. The summed E-state index contributed by atoms with van der Waals surface area (Å²) in [5.74, 6) is 4.29. The third-order valence-corrected chi connectivity index (χ3v) is 5.91.